The lowest BCUT2D eigenvalue weighted by atomic mass is 9.97. The molecule has 0 spiro atoms. The van der Waals surface area contributed by atoms with Gasteiger partial charge in [0.2, 0.25) is 0 Å². The minimum absolute atomic E-state index is 0. The molecule has 3 rings (SSSR count). The van der Waals surface area contributed by atoms with Crippen molar-refractivity contribution in [1.29, 1.82) is 0 Å². The van der Waals surface area contributed by atoms with Gasteiger partial charge < -0.3 is 10.4 Å². The normalized spacial score (nSPS) is 10.6. The standard InChI is InChI=1S/C18H21N3OS.ClH/c1-4-7-20-18-21-15-14(9-13-6-5-8-19-10-13)11(2)16(22)12(3)17(15)23-18;/h5-6,8,10,22H,4,7,9H2,1-3H3,(H,20,21);1H. The van der Waals surface area contributed by atoms with Crippen LogP contribution < -0.4 is 5.32 Å². The fraction of sp³-hybridized carbons (Fsp3) is 0.333. The fourth-order valence-electron chi connectivity index (χ4n) is 2.72. The summed E-state index contributed by atoms with van der Waals surface area (Å²) in [6, 6.07) is 3.99. The molecule has 0 saturated carbocycles. The smallest absolute Gasteiger partial charge is 0.183 e. The minimum atomic E-state index is 0. The Kier molecular flexibility index (Phi) is 6.02. The lowest BCUT2D eigenvalue weighted by Gasteiger charge is -2.11. The zero-order valence-corrected chi connectivity index (χ0v) is 15.7. The lowest BCUT2D eigenvalue weighted by Crippen LogP contribution is -1.99. The van der Waals surface area contributed by atoms with E-state index in [1.165, 1.54) is 0 Å². The average Bonchev–Trinajstić information content (AvgIpc) is 3.00. The Bertz CT molecular complexity index is 833. The molecule has 2 heterocycles. The van der Waals surface area contributed by atoms with E-state index < -0.39 is 0 Å². The van der Waals surface area contributed by atoms with Crippen LogP contribution in [0.2, 0.25) is 0 Å². The van der Waals surface area contributed by atoms with Crippen LogP contribution in [-0.2, 0) is 6.42 Å². The van der Waals surface area contributed by atoms with E-state index in [0.29, 0.717) is 5.75 Å². The van der Waals surface area contributed by atoms with Gasteiger partial charge in [-0.1, -0.05) is 24.3 Å². The first-order chi connectivity index (χ1) is 11.1. The molecule has 4 nitrogen and oxygen atoms in total. The van der Waals surface area contributed by atoms with Crippen LogP contribution in [-0.4, -0.2) is 21.6 Å². The van der Waals surface area contributed by atoms with Crippen molar-refractivity contribution in [2.24, 2.45) is 0 Å². The maximum atomic E-state index is 10.5. The third kappa shape index (κ3) is 3.47. The van der Waals surface area contributed by atoms with Crippen molar-refractivity contribution in [1.82, 2.24) is 9.97 Å². The number of pyridine rings is 1. The van der Waals surface area contributed by atoms with Crippen molar-refractivity contribution in [2.45, 2.75) is 33.6 Å². The number of anilines is 1. The molecule has 2 aromatic heterocycles. The van der Waals surface area contributed by atoms with Gasteiger partial charge in [0.15, 0.2) is 5.13 Å². The van der Waals surface area contributed by atoms with Crippen LogP contribution in [0, 0.1) is 13.8 Å². The van der Waals surface area contributed by atoms with Crippen molar-refractivity contribution in [2.75, 3.05) is 11.9 Å². The van der Waals surface area contributed by atoms with Crippen molar-refractivity contribution in [3.63, 3.8) is 0 Å². The van der Waals surface area contributed by atoms with Crippen LogP contribution >= 0.6 is 23.7 Å². The highest BCUT2D eigenvalue weighted by molar-refractivity contribution is 7.22. The van der Waals surface area contributed by atoms with Crippen molar-refractivity contribution in [3.05, 3.63) is 46.8 Å². The number of hydrogen-bond donors (Lipinski definition) is 2. The Morgan fingerprint density at radius 3 is 2.71 bits per heavy atom. The summed E-state index contributed by atoms with van der Waals surface area (Å²) in [5, 5.41) is 14.8. The molecule has 24 heavy (non-hydrogen) atoms. The Balaban J connectivity index is 0.00000208. The maximum Gasteiger partial charge on any atom is 0.183 e. The number of thiazole rings is 1. The number of halogens is 1. The first-order valence-electron chi connectivity index (χ1n) is 7.86. The average molecular weight is 364 g/mol. The quantitative estimate of drug-likeness (QED) is 0.680. The SMILES string of the molecule is CCCNc1nc2c(Cc3cccnc3)c(C)c(O)c(C)c2s1.Cl. The summed E-state index contributed by atoms with van der Waals surface area (Å²) < 4.78 is 1.06. The van der Waals surface area contributed by atoms with Gasteiger partial charge in [-0.15, -0.1) is 12.4 Å². The summed E-state index contributed by atoms with van der Waals surface area (Å²) in [5.74, 6) is 0.377. The van der Waals surface area contributed by atoms with Crippen LogP contribution in [0.25, 0.3) is 10.2 Å². The molecule has 0 radical (unpaired) electrons. The Morgan fingerprint density at radius 2 is 2.04 bits per heavy atom. The van der Waals surface area contributed by atoms with E-state index in [9.17, 15) is 5.11 Å². The third-order valence-electron chi connectivity index (χ3n) is 4.05. The number of aromatic hydroxyl groups is 1. The van der Waals surface area contributed by atoms with Gasteiger partial charge in [-0.05, 0) is 43.0 Å². The van der Waals surface area contributed by atoms with Crippen LogP contribution in [0.3, 0.4) is 0 Å². The van der Waals surface area contributed by atoms with E-state index in [0.717, 1.165) is 57.0 Å². The molecule has 0 atom stereocenters. The monoisotopic (exact) mass is 363 g/mol. The van der Waals surface area contributed by atoms with E-state index in [-0.39, 0.29) is 12.4 Å². The second kappa shape index (κ2) is 7.81. The molecule has 2 N–H and O–H groups in total. The van der Waals surface area contributed by atoms with E-state index in [4.69, 9.17) is 4.98 Å². The number of nitrogens with one attached hydrogen (secondary N) is 1. The van der Waals surface area contributed by atoms with Crippen LogP contribution in [0.4, 0.5) is 5.13 Å². The van der Waals surface area contributed by atoms with E-state index in [2.05, 4.69) is 23.3 Å². The molecule has 3 aromatic rings. The molecule has 0 aliphatic carbocycles. The third-order valence-corrected chi connectivity index (χ3v) is 5.18. The summed E-state index contributed by atoms with van der Waals surface area (Å²) in [6.07, 6.45) is 5.42. The van der Waals surface area contributed by atoms with Gasteiger partial charge in [0, 0.05) is 30.9 Å². The second-order valence-electron chi connectivity index (χ2n) is 5.74. The van der Waals surface area contributed by atoms with E-state index in [1.807, 2.05) is 26.1 Å². The molecule has 6 heteroatoms. The molecule has 0 aliphatic heterocycles. The zero-order valence-electron chi connectivity index (χ0n) is 14.1. The molecule has 128 valence electrons. The predicted octanol–water partition coefficient (Wildman–Crippen LogP) is 4.85. The highest BCUT2D eigenvalue weighted by Crippen LogP contribution is 2.39. The highest BCUT2D eigenvalue weighted by Gasteiger charge is 2.18. The van der Waals surface area contributed by atoms with E-state index in [1.54, 1.807) is 17.5 Å². The molecular formula is C18H22ClN3OS. The van der Waals surface area contributed by atoms with Gasteiger partial charge in [0.1, 0.15) is 5.75 Å². The molecule has 0 saturated heterocycles. The highest BCUT2D eigenvalue weighted by atomic mass is 35.5. The maximum absolute atomic E-state index is 10.5. The number of hydrogen-bond acceptors (Lipinski definition) is 5. The number of rotatable bonds is 5. The zero-order chi connectivity index (χ0) is 16.4. The summed E-state index contributed by atoms with van der Waals surface area (Å²) in [4.78, 5) is 8.97. The molecule has 0 fully saturated rings. The molecule has 0 bridgehead atoms. The number of phenols is 1. The van der Waals surface area contributed by atoms with Crippen LogP contribution in [0.1, 0.15) is 35.6 Å². The van der Waals surface area contributed by atoms with Crippen LogP contribution in [0.5, 0.6) is 5.75 Å². The van der Waals surface area contributed by atoms with Gasteiger partial charge in [-0.3, -0.25) is 4.98 Å². The number of aryl methyl sites for hydroxylation is 1. The molecule has 0 amide bonds. The fourth-order valence-corrected chi connectivity index (χ4v) is 3.74. The Labute approximate surface area is 152 Å². The molecule has 0 unspecified atom stereocenters. The van der Waals surface area contributed by atoms with Gasteiger partial charge in [0.25, 0.3) is 0 Å². The number of nitrogens with zero attached hydrogens (tertiary/aromatic N) is 2. The van der Waals surface area contributed by atoms with Gasteiger partial charge in [-0.2, -0.15) is 0 Å². The number of fused-ring (bicyclic) bond motifs is 1. The first-order valence-corrected chi connectivity index (χ1v) is 8.67. The van der Waals surface area contributed by atoms with Gasteiger partial charge in [0.05, 0.1) is 10.2 Å². The molecule has 0 aliphatic rings. The predicted molar refractivity (Wildman–Crippen MR) is 104 cm³/mol. The van der Waals surface area contributed by atoms with E-state index >= 15 is 0 Å². The summed E-state index contributed by atoms with van der Waals surface area (Å²) in [6.45, 7) is 6.96. The summed E-state index contributed by atoms with van der Waals surface area (Å²) >= 11 is 1.61. The Morgan fingerprint density at radius 1 is 1.25 bits per heavy atom. The van der Waals surface area contributed by atoms with Crippen LogP contribution in [0.15, 0.2) is 24.5 Å². The minimum Gasteiger partial charge on any atom is -0.507 e. The number of aromatic nitrogens is 2. The molecule has 1 aromatic carbocycles. The first kappa shape index (κ1) is 18.5. The van der Waals surface area contributed by atoms with Crippen molar-refractivity contribution in [3.8, 4) is 5.75 Å². The Hall–Kier alpha value is -1.85. The number of phenolic OH excluding ortho intramolecular Hbond substituents is 1. The van der Waals surface area contributed by atoms with Gasteiger partial charge >= 0.3 is 0 Å². The number of benzene rings is 1. The van der Waals surface area contributed by atoms with Crippen molar-refractivity contribution < 1.29 is 5.11 Å². The van der Waals surface area contributed by atoms with Crippen molar-refractivity contribution >= 4 is 39.1 Å². The largest absolute Gasteiger partial charge is 0.507 e. The lowest BCUT2D eigenvalue weighted by molar-refractivity contribution is 0.467. The topological polar surface area (TPSA) is 58.0 Å². The second-order valence-corrected chi connectivity index (χ2v) is 6.74. The summed E-state index contributed by atoms with van der Waals surface area (Å²) in [7, 11) is 0. The molecular weight excluding hydrogens is 342 g/mol. The summed E-state index contributed by atoms with van der Waals surface area (Å²) in [5.41, 5.74) is 5.01. The van der Waals surface area contributed by atoms with Gasteiger partial charge in [-0.25, -0.2) is 4.98 Å².